The average Bonchev–Trinajstić information content (AvgIpc) is 3.17. The molecule has 156 valence electrons. The van der Waals surface area contributed by atoms with Crippen molar-refractivity contribution in [3.8, 4) is 0 Å². The Morgan fingerprint density at radius 3 is 2.59 bits per heavy atom. The lowest BCUT2D eigenvalue weighted by Crippen LogP contribution is -2.70. The number of hydrogen-bond acceptors (Lipinski definition) is 8. The highest BCUT2D eigenvalue weighted by Crippen LogP contribution is 2.40. The number of fused-ring (bicyclic) bond motifs is 2. The van der Waals surface area contributed by atoms with Crippen molar-refractivity contribution in [1.29, 1.82) is 0 Å². The van der Waals surface area contributed by atoms with Crippen molar-refractivity contribution in [2.75, 3.05) is 25.1 Å². The Kier molecular flexibility index (Phi) is 4.78. The van der Waals surface area contributed by atoms with Crippen molar-refractivity contribution >= 4 is 33.1 Å². The molecular weight excluding hydrogens is 433 g/mol. The number of piperidine rings is 1. The molecule has 5 rings (SSSR count). The van der Waals surface area contributed by atoms with Crippen molar-refractivity contribution in [2.24, 2.45) is 0 Å². The third-order valence-corrected chi connectivity index (χ3v) is 8.02. The lowest BCUT2D eigenvalue weighted by Gasteiger charge is -2.55. The van der Waals surface area contributed by atoms with Crippen LogP contribution in [0.2, 0.25) is 0 Å². The summed E-state index contributed by atoms with van der Waals surface area (Å²) in [4.78, 5) is 20.5. The number of anilines is 1. The molecule has 5 heterocycles. The maximum absolute atomic E-state index is 13.1. The Balaban J connectivity index is 1.56. The lowest BCUT2D eigenvalue weighted by molar-refractivity contribution is -0.141. The zero-order chi connectivity index (χ0) is 21.0. The van der Waals surface area contributed by atoms with Crippen LogP contribution >= 0.6 is 11.3 Å². The van der Waals surface area contributed by atoms with Crippen molar-refractivity contribution in [1.82, 2.24) is 14.3 Å². The molecule has 13 heteroatoms. The van der Waals surface area contributed by atoms with E-state index in [4.69, 9.17) is 0 Å². The first kappa shape index (κ1) is 20.0. The molecule has 29 heavy (non-hydrogen) atoms. The number of sulfonamides is 1. The van der Waals surface area contributed by atoms with Crippen LogP contribution in [0.15, 0.2) is 28.7 Å². The van der Waals surface area contributed by atoms with Gasteiger partial charge in [-0.3, -0.25) is 0 Å². The second kappa shape index (κ2) is 6.92. The summed E-state index contributed by atoms with van der Waals surface area (Å²) in [6.07, 6.45) is -3.15. The highest BCUT2D eigenvalue weighted by Gasteiger charge is 2.52. The summed E-state index contributed by atoms with van der Waals surface area (Å²) in [5, 5.41) is 1.50. The fraction of sp³-hybridized carbons (Fsp3) is 0.438. The maximum Gasteiger partial charge on any atom is 0.433 e. The van der Waals surface area contributed by atoms with Crippen LogP contribution in [0, 0.1) is 0 Å². The molecule has 3 fully saturated rings. The number of halogens is 3. The second-order valence-corrected chi connectivity index (χ2v) is 9.38. The van der Waals surface area contributed by atoms with E-state index in [2.05, 4.69) is 14.7 Å². The number of aromatic nitrogens is 2. The number of hydrogen-bond donors (Lipinski definition) is 0. The molecule has 8 nitrogen and oxygen atoms in total. The van der Waals surface area contributed by atoms with Gasteiger partial charge in [0.1, 0.15) is 27.6 Å². The number of carbonyl (C=O) groups excluding carboxylic acids is 1. The normalized spacial score (nSPS) is 22.3. The minimum Gasteiger partial charge on any atom is -0.465 e. The van der Waals surface area contributed by atoms with Gasteiger partial charge in [-0.05, 0) is 17.9 Å². The van der Waals surface area contributed by atoms with Crippen LogP contribution in [0.5, 0.6) is 0 Å². The zero-order valence-corrected chi connectivity index (χ0v) is 16.6. The number of rotatable bonds is 4. The Bertz CT molecular complexity index is 1040. The van der Waals surface area contributed by atoms with Gasteiger partial charge in [0.25, 0.3) is 0 Å². The van der Waals surface area contributed by atoms with E-state index < -0.39 is 39.9 Å². The summed E-state index contributed by atoms with van der Waals surface area (Å²) >= 11 is 0.976. The molecule has 3 aliphatic heterocycles. The van der Waals surface area contributed by atoms with E-state index in [0.717, 1.165) is 23.7 Å². The molecule has 0 amide bonds. The fourth-order valence-corrected chi connectivity index (χ4v) is 6.81. The molecule has 0 saturated carbocycles. The fourth-order valence-electron chi connectivity index (χ4n) is 3.69. The van der Waals surface area contributed by atoms with Gasteiger partial charge in [-0.15, -0.1) is 11.3 Å². The molecule has 0 aliphatic carbocycles. The van der Waals surface area contributed by atoms with Crippen LogP contribution in [-0.2, 0) is 20.9 Å². The number of carbonyl (C=O) groups is 1. The quantitative estimate of drug-likeness (QED) is 0.661. The number of ether oxygens (including phenoxy) is 1. The van der Waals surface area contributed by atoms with Gasteiger partial charge in [-0.1, -0.05) is 0 Å². The van der Waals surface area contributed by atoms with Crippen LogP contribution in [0.25, 0.3) is 0 Å². The smallest absolute Gasteiger partial charge is 0.433 e. The minimum atomic E-state index is -4.59. The van der Waals surface area contributed by atoms with Crippen molar-refractivity contribution < 1.29 is 31.1 Å². The number of alkyl halides is 3. The first-order chi connectivity index (χ1) is 13.6. The standard InChI is InChI=1S/C16H15F3N4O4S2/c1-27-15(24)14-11(2-3-28-14)29(25,26)23-9-4-10(23)7-22(6-9)13-5-12(16(17,18)19)20-8-21-13/h2-3,5,8-10H,4,6-7H2,1H3. The third-order valence-electron chi connectivity index (χ3n) is 4.95. The molecule has 2 atom stereocenters. The molecular formula is C16H15F3N4O4S2. The topological polar surface area (TPSA) is 92.7 Å². The zero-order valence-electron chi connectivity index (χ0n) is 15.0. The first-order valence-corrected chi connectivity index (χ1v) is 10.8. The molecule has 2 aromatic rings. The van der Waals surface area contributed by atoms with Gasteiger partial charge >= 0.3 is 12.1 Å². The van der Waals surface area contributed by atoms with Crippen LogP contribution in [-0.4, -0.2) is 60.9 Å². The SMILES string of the molecule is COC(=O)c1sccc1S(=O)(=O)N1C2CC1CN(c1cc(C(F)(F)F)ncn1)C2. The molecule has 0 radical (unpaired) electrons. The second-order valence-electron chi connectivity index (χ2n) is 6.65. The molecule has 3 saturated heterocycles. The Morgan fingerprint density at radius 2 is 1.97 bits per heavy atom. The van der Waals surface area contributed by atoms with Gasteiger partial charge in [0, 0.05) is 31.2 Å². The monoisotopic (exact) mass is 448 g/mol. The Labute approximate surface area is 168 Å². The highest BCUT2D eigenvalue weighted by molar-refractivity contribution is 7.89. The highest BCUT2D eigenvalue weighted by atomic mass is 32.2. The minimum absolute atomic E-state index is 0.0000472. The predicted octanol–water partition coefficient (Wildman–Crippen LogP) is 2.00. The van der Waals surface area contributed by atoms with E-state index in [1.807, 2.05) is 0 Å². The lowest BCUT2D eigenvalue weighted by atomic mass is 9.91. The van der Waals surface area contributed by atoms with Gasteiger partial charge in [-0.2, -0.15) is 17.5 Å². The van der Waals surface area contributed by atoms with Crippen molar-refractivity contribution in [3.63, 3.8) is 0 Å². The molecule has 0 spiro atoms. The molecule has 2 bridgehead atoms. The molecule has 3 aliphatic rings. The number of thiophene rings is 1. The van der Waals surface area contributed by atoms with Crippen LogP contribution < -0.4 is 4.90 Å². The van der Waals surface area contributed by atoms with E-state index in [0.29, 0.717) is 6.42 Å². The molecule has 0 N–H and O–H groups in total. The van der Waals surface area contributed by atoms with E-state index >= 15 is 0 Å². The summed E-state index contributed by atoms with van der Waals surface area (Å²) in [6.45, 7) is 0.392. The maximum atomic E-state index is 13.1. The summed E-state index contributed by atoms with van der Waals surface area (Å²) in [7, 11) is -2.77. The van der Waals surface area contributed by atoms with Gasteiger partial charge < -0.3 is 9.64 Å². The molecule has 2 aromatic heterocycles. The largest absolute Gasteiger partial charge is 0.465 e. The predicted molar refractivity (Wildman–Crippen MR) is 96.1 cm³/mol. The van der Waals surface area contributed by atoms with E-state index in [1.165, 1.54) is 22.9 Å². The van der Waals surface area contributed by atoms with Gasteiger partial charge in [0.2, 0.25) is 10.0 Å². The van der Waals surface area contributed by atoms with Crippen LogP contribution in [0.1, 0.15) is 21.8 Å². The van der Waals surface area contributed by atoms with E-state index in [-0.39, 0.29) is 28.7 Å². The first-order valence-electron chi connectivity index (χ1n) is 8.46. The van der Waals surface area contributed by atoms with Crippen molar-refractivity contribution in [3.05, 3.63) is 34.4 Å². The molecule has 2 unspecified atom stereocenters. The third kappa shape index (κ3) is 3.36. The van der Waals surface area contributed by atoms with E-state index in [9.17, 15) is 26.4 Å². The summed E-state index contributed by atoms with van der Waals surface area (Å²) in [5.41, 5.74) is -1.05. The summed E-state index contributed by atoms with van der Waals surface area (Å²) in [6, 6.07) is 1.37. The number of methoxy groups -OCH3 is 1. The summed E-state index contributed by atoms with van der Waals surface area (Å²) < 4.78 is 70.8. The van der Waals surface area contributed by atoms with Gasteiger partial charge in [0.15, 0.2) is 0 Å². The summed E-state index contributed by atoms with van der Waals surface area (Å²) in [5.74, 6) is -0.628. The Hall–Kier alpha value is -2.25. The van der Waals surface area contributed by atoms with Crippen LogP contribution in [0.4, 0.5) is 19.0 Å². The molecule has 0 aromatic carbocycles. The average molecular weight is 448 g/mol. The number of esters is 1. The number of nitrogens with zero attached hydrogens (tertiary/aromatic N) is 4. The van der Waals surface area contributed by atoms with Crippen LogP contribution in [0.3, 0.4) is 0 Å². The van der Waals surface area contributed by atoms with E-state index in [1.54, 1.807) is 4.90 Å². The van der Waals surface area contributed by atoms with Gasteiger partial charge in [0.05, 0.1) is 7.11 Å². The van der Waals surface area contributed by atoms with Gasteiger partial charge in [-0.25, -0.2) is 23.2 Å². The van der Waals surface area contributed by atoms with Crippen molar-refractivity contribution in [2.45, 2.75) is 29.6 Å². The Morgan fingerprint density at radius 1 is 1.28 bits per heavy atom. The number of piperazine rings is 1.